The molecule has 1 amide bonds. The molecule has 2 heterocycles. The lowest BCUT2D eigenvalue weighted by Crippen LogP contribution is -2.40. The van der Waals surface area contributed by atoms with E-state index in [1.807, 2.05) is 49.4 Å². The highest BCUT2D eigenvalue weighted by molar-refractivity contribution is 7.22. The Kier molecular flexibility index (Phi) is 5.97. The Morgan fingerprint density at radius 2 is 2.14 bits per heavy atom. The molecule has 1 aromatic heterocycles. The number of carbonyl (C=O) groups is 1. The van der Waals surface area contributed by atoms with Gasteiger partial charge in [0.05, 0.1) is 30.0 Å². The van der Waals surface area contributed by atoms with Crippen LogP contribution in [-0.2, 0) is 9.53 Å². The molecule has 0 radical (unpaired) electrons. The molecular formula is C22H24N2O4S. The minimum absolute atomic E-state index is 0.0277. The second kappa shape index (κ2) is 8.80. The van der Waals surface area contributed by atoms with Crippen LogP contribution in [0.5, 0.6) is 11.5 Å². The van der Waals surface area contributed by atoms with E-state index in [4.69, 9.17) is 14.2 Å². The zero-order chi connectivity index (χ0) is 20.2. The van der Waals surface area contributed by atoms with E-state index in [2.05, 4.69) is 4.98 Å². The second-order valence-corrected chi connectivity index (χ2v) is 8.06. The molecule has 0 saturated carbocycles. The number of hydrogen-bond donors (Lipinski definition) is 0. The summed E-state index contributed by atoms with van der Waals surface area (Å²) in [5.74, 6) is 1.01. The molecule has 0 N–H and O–H groups in total. The number of hydrogen-bond acceptors (Lipinski definition) is 6. The Bertz CT molecular complexity index is 964. The van der Waals surface area contributed by atoms with Gasteiger partial charge in [0.25, 0.3) is 5.91 Å². The van der Waals surface area contributed by atoms with Gasteiger partial charge in [-0.15, -0.1) is 0 Å². The molecule has 29 heavy (non-hydrogen) atoms. The molecule has 1 aliphatic rings. The van der Waals surface area contributed by atoms with Crippen LogP contribution in [0.3, 0.4) is 0 Å². The highest BCUT2D eigenvalue weighted by atomic mass is 32.1. The van der Waals surface area contributed by atoms with Crippen molar-refractivity contribution in [2.75, 3.05) is 31.8 Å². The first-order valence-electron chi connectivity index (χ1n) is 9.69. The van der Waals surface area contributed by atoms with Crippen LogP contribution in [0, 0.1) is 6.92 Å². The van der Waals surface area contributed by atoms with Crippen molar-refractivity contribution in [3.8, 4) is 11.5 Å². The van der Waals surface area contributed by atoms with Gasteiger partial charge in [-0.25, -0.2) is 4.98 Å². The topological polar surface area (TPSA) is 60.9 Å². The molecule has 7 heteroatoms. The number of amides is 1. The first-order valence-corrected chi connectivity index (χ1v) is 10.5. The first kappa shape index (κ1) is 19.7. The number of aromatic nitrogens is 1. The lowest BCUT2D eigenvalue weighted by atomic mass is 10.2. The van der Waals surface area contributed by atoms with Crippen molar-refractivity contribution < 1.29 is 19.0 Å². The minimum atomic E-state index is -0.151. The first-order chi connectivity index (χ1) is 14.1. The molecule has 6 nitrogen and oxygen atoms in total. The highest BCUT2D eigenvalue weighted by Gasteiger charge is 2.26. The Morgan fingerprint density at radius 1 is 1.28 bits per heavy atom. The van der Waals surface area contributed by atoms with Crippen molar-refractivity contribution in [1.29, 1.82) is 0 Å². The van der Waals surface area contributed by atoms with Crippen molar-refractivity contribution >= 4 is 32.6 Å². The molecule has 1 aliphatic heterocycles. The van der Waals surface area contributed by atoms with E-state index in [1.54, 1.807) is 12.0 Å². The fourth-order valence-corrected chi connectivity index (χ4v) is 4.36. The molecular weight excluding hydrogens is 388 g/mol. The SMILES string of the molecule is COc1cc(C)ccc1OCC(=O)N(CC1CCCO1)c1nc2ccccc2s1. The monoisotopic (exact) mass is 412 g/mol. The quantitative estimate of drug-likeness (QED) is 0.582. The van der Waals surface area contributed by atoms with Gasteiger partial charge in [0, 0.05) is 6.61 Å². The molecule has 1 atom stereocenters. The van der Waals surface area contributed by atoms with E-state index in [0.29, 0.717) is 23.2 Å². The summed E-state index contributed by atoms with van der Waals surface area (Å²) >= 11 is 1.51. The molecule has 0 aliphatic carbocycles. The van der Waals surface area contributed by atoms with Crippen LogP contribution >= 0.6 is 11.3 Å². The van der Waals surface area contributed by atoms with Crippen LogP contribution in [-0.4, -0.2) is 43.9 Å². The maximum atomic E-state index is 13.1. The van der Waals surface area contributed by atoms with Gasteiger partial charge in [-0.2, -0.15) is 0 Å². The average molecular weight is 413 g/mol. The van der Waals surface area contributed by atoms with Gasteiger partial charge in [0.15, 0.2) is 23.2 Å². The second-order valence-electron chi connectivity index (χ2n) is 7.05. The third kappa shape index (κ3) is 4.52. The number of thiazole rings is 1. The number of fused-ring (bicyclic) bond motifs is 1. The van der Waals surface area contributed by atoms with Crippen LogP contribution < -0.4 is 14.4 Å². The van der Waals surface area contributed by atoms with Crippen LogP contribution in [0.4, 0.5) is 5.13 Å². The number of carbonyl (C=O) groups excluding carboxylic acids is 1. The summed E-state index contributed by atoms with van der Waals surface area (Å²) in [5.41, 5.74) is 1.95. The van der Waals surface area contributed by atoms with Crippen molar-refractivity contribution in [3.63, 3.8) is 0 Å². The summed E-state index contributed by atoms with van der Waals surface area (Å²) in [7, 11) is 1.59. The smallest absolute Gasteiger partial charge is 0.266 e. The maximum absolute atomic E-state index is 13.1. The lowest BCUT2D eigenvalue weighted by molar-refractivity contribution is -0.121. The summed E-state index contributed by atoms with van der Waals surface area (Å²) < 4.78 is 18.0. The predicted molar refractivity (Wildman–Crippen MR) is 114 cm³/mol. The molecule has 4 rings (SSSR count). The molecule has 1 fully saturated rings. The Morgan fingerprint density at radius 3 is 2.90 bits per heavy atom. The fraction of sp³-hybridized carbons (Fsp3) is 0.364. The van der Waals surface area contributed by atoms with Gasteiger partial charge in [-0.1, -0.05) is 29.5 Å². The van der Waals surface area contributed by atoms with Crippen LogP contribution in [0.2, 0.25) is 0 Å². The zero-order valence-corrected chi connectivity index (χ0v) is 17.4. The van der Waals surface area contributed by atoms with Gasteiger partial charge in [0.1, 0.15) is 0 Å². The Labute approximate surface area is 174 Å². The third-order valence-corrected chi connectivity index (χ3v) is 5.95. The maximum Gasteiger partial charge on any atom is 0.266 e. The molecule has 0 bridgehead atoms. The number of methoxy groups -OCH3 is 1. The number of anilines is 1. The van der Waals surface area contributed by atoms with E-state index in [1.165, 1.54) is 11.3 Å². The zero-order valence-electron chi connectivity index (χ0n) is 16.6. The highest BCUT2D eigenvalue weighted by Crippen LogP contribution is 2.31. The summed E-state index contributed by atoms with van der Waals surface area (Å²) in [4.78, 5) is 19.5. The fourth-order valence-electron chi connectivity index (χ4n) is 3.37. The third-order valence-electron chi connectivity index (χ3n) is 4.90. The van der Waals surface area contributed by atoms with Gasteiger partial charge >= 0.3 is 0 Å². The van der Waals surface area contributed by atoms with Crippen molar-refractivity contribution in [2.24, 2.45) is 0 Å². The number of nitrogens with zero attached hydrogens (tertiary/aromatic N) is 2. The van der Waals surface area contributed by atoms with E-state index in [-0.39, 0.29) is 18.6 Å². The van der Waals surface area contributed by atoms with Gasteiger partial charge in [-0.3, -0.25) is 9.69 Å². The summed E-state index contributed by atoms with van der Waals surface area (Å²) in [6.07, 6.45) is 1.99. The van der Waals surface area contributed by atoms with E-state index >= 15 is 0 Å². The van der Waals surface area contributed by atoms with Crippen molar-refractivity contribution in [3.05, 3.63) is 48.0 Å². The summed E-state index contributed by atoms with van der Waals surface area (Å²) in [6.45, 7) is 3.10. The molecule has 1 saturated heterocycles. The number of aryl methyl sites for hydroxylation is 1. The normalized spacial score (nSPS) is 16.1. The largest absolute Gasteiger partial charge is 0.493 e. The van der Waals surface area contributed by atoms with Gasteiger partial charge in [-0.05, 0) is 49.6 Å². The number of rotatable bonds is 7. The Hall–Kier alpha value is -2.64. The molecule has 1 unspecified atom stereocenters. The number of para-hydroxylation sites is 1. The number of ether oxygens (including phenoxy) is 3. The number of benzene rings is 2. The van der Waals surface area contributed by atoms with E-state index in [9.17, 15) is 4.79 Å². The van der Waals surface area contributed by atoms with Crippen LogP contribution in [0.1, 0.15) is 18.4 Å². The molecule has 0 spiro atoms. The summed E-state index contributed by atoms with van der Waals surface area (Å²) in [5, 5.41) is 0.672. The van der Waals surface area contributed by atoms with E-state index in [0.717, 1.165) is 35.2 Å². The predicted octanol–water partition coefficient (Wildman–Crippen LogP) is 4.20. The Balaban J connectivity index is 1.54. The van der Waals surface area contributed by atoms with Gasteiger partial charge in [0.2, 0.25) is 0 Å². The average Bonchev–Trinajstić information content (AvgIpc) is 3.40. The van der Waals surface area contributed by atoms with Gasteiger partial charge < -0.3 is 14.2 Å². The van der Waals surface area contributed by atoms with E-state index < -0.39 is 0 Å². The standard InChI is InChI=1S/C22H24N2O4S/c1-15-9-10-18(19(12-15)26-2)28-14-21(25)24(13-16-6-5-11-27-16)22-23-17-7-3-4-8-20(17)29-22/h3-4,7-10,12,16H,5-6,11,13-14H2,1-2H3. The molecule has 2 aromatic carbocycles. The van der Waals surface area contributed by atoms with Crippen LogP contribution in [0.15, 0.2) is 42.5 Å². The molecule has 152 valence electrons. The minimum Gasteiger partial charge on any atom is -0.493 e. The molecule has 3 aromatic rings. The lowest BCUT2D eigenvalue weighted by Gasteiger charge is -2.23. The summed E-state index contributed by atoms with van der Waals surface area (Å²) in [6, 6.07) is 13.5. The van der Waals surface area contributed by atoms with Crippen molar-refractivity contribution in [2.45, 2.75) is 25.9 Å². The van der Waals surface area contributed by atoms with Crippen LogP contribution in [0.25, 0.3) is 10.2 Å². The van der Waals surface area contributed by atoms with Crippen molar-refractivity contribution in [1.82, 2.24) is 4.98 Å².